The molecule has 1 heterocycles. The zero-order valence-corrected chi connectivity index (χ0v) is 9.54. The molecule has 2 rings (SSSR count). The van der Waals surface area contributed by atoms with Crippen molar-refractivity contribution in [1.29, 1.82) is 0 Å². The monoisotopic (exact) mass is 233 g/mol. The topological polar surface area (TPSA) is 108 Å². The van der Waals surface area contributed by atoms with E-state index < -0.39 is 0 Å². The van der Waals surface area contributed by atoms with E-state index in [0.717, 1.165) is 5.56 Å². The van der Waals surface area contributed by atoms with E-state index in [1.165, 1.54) is 4.80 Å². The van der Waals surface area contributed by atoms with Crippen LogP contribution >= 0.6 is 0 Å². The molecule has 1 unspecified atom stereocenters. The van der Waals surface area contributed by atoms with Crippen LogP contribution in [0.25, 0.3) is 0 Å². The first kappa shape index (κ1) is 11.5. The molecule has 0 amide bonds. The van der Waals surface area contributed by atoms with Gasteiger partial charge in [-0.25, -0.2) is 0 Å². The van der Waals surface area contributed by atoms with Crippen LogP contribution in [0, 0.1) is 0 Å². The zero-order valence-electron chi connectivity index (χ0n) is 9.54. The molecular weight excluding hydrogens is 218 g/mol. The highest BCUT2D eigenvalue weighted by Gasteiger charge is 2.15. The van der Waals surface area contributed by atoms with Crippen LogP contribution < -0.4 is 17.0 Å². The van der Waals surface area contributed by atoms with E-state index in [4.69, 9.17) is 11.6 Å². The Balaban J connectivity index is 2.20. The number of anilines is 1. The van der Waals surface area contributed by atoms with Crippen LogP contribution in [0.1, 0.15) is 17.4 Å². The number of tetrazole rings is 1. The number of nitrogens with two attached hydrogens (primary N) is 2. The number of rotatable bonds is 4. The van der Waals surface area contributed by atoms with Gasteiger partial charge in [-0.2, -0.15) is 4.80 Å². The van der Waals surface area contributed by atoms with E-state index in [1.54, 1.807) is 7.05 Å². The van der Waals surface area contributed by atoms with Crippen molar-refractivity contribution in [3.8, 4) is 0 Å². The van der Waals surface area contributed by atoms with Gasteiger partial charge >= 0.3 is 0 Å². The molecule has 17 heavy (non-hydrogen) atoms. The number of nitrogen functional groups attached to an aromatic ring is 1. The molecule has 1 aromatic heterocycles. The molecular formula is C10H15N7. The van der Waals surface area contributed by atoms with Gasteiger partial charge in [-0.1, -0.05) is 18.2 Å². The SMILES string of the molecule is Cn1nnc(CC(NN)c2ccccc2N)n1. The molecule has 0 saturated heterocycles. The fourth-order valence-corrected chi connectivity index (χ4v) is 1.67. The number of hydrazine groups is 1. The van der Waals surface area contributed by atoms with E-state index in [9.17, 15) is 0 Å². The van der Waals surface area contributed by atoms with Crippen LogP contribution in [0.15, 0.2) is 24.3 Å². The maximum absolute atomic E-state index is 5.90. The molecule has 0 aliphatic carbocycles. The van der Waals surface area contributed by atoms with Crippen LogP contribution in [0.3, 0.4) is 0 Å². The number of hydrogen-bond acceptors (Lipinski definition) is 6. The largest absolute Gasteiger partial charge is 0.398 e. The highest BCUT2D eigenvalue weighted by molar-refractivity contribution is 5.48. The normalized spacial score (nSPS) is 12.6. The molecule has 90 valence electrons. The third kappa shape index (κ3) is 2.58. The van der Waals surface area contributed by atoms with Gasteiger partial charge in [-0.3, -0.25) is 11.3 Å². The predicted molar refractivity (Wildman–Crippen MR) is 63.4 cm³/mol. The van der Waals surface area contributed by atoms with Crippen LogP contribution in [-0.4, -0.2) is 20.2 Å². The van der Waals surface area contributed by atoms with Crippen molar-refractivity contribution < 1.29 is 0 Å². The second-order valence-electron chi connectivity index (χ2n) is 3.75. The first-order chi connectivity index (χ1) is 8.20. The van der Waals surface area contributed by atoms with Crippen LogP contribution in [0.2, 0.25) is 0 Å². The third-order valence-electron chi connectivity index (χ3n) is 2.51. The Morgan fingerprint density at radius 2 is 2.18 bits per heavy atom. The van der Waals surface area contributed by atoms with Crippen molar-refractivity contribution in [2.75, 3.05) is 5.73 Å². The molecule has 5 N–H and O–H groups in total. The summed E-state index contributed by atoms with van der Waals surface area (Å²) in [7, 11) is 1.72. The first-order valence-corrected chi connectivity index (χ1v) is 5.24. The van der Waals surface area contributed by atoms with Crippen LogP contribution in [0.5, 0.6) is 0 Å². The molecule has 0 bridgehead atoms. The Morgan fingerprint density at radius 1 is 1.41 bits per heavy atom. The summed E-state index contributed by atoms with van der Waals surface area (Å²) in [5, 5.41) is 11.8. The zero-order chi connectivity index (χ0) is 12.3. The van der Waals surface area contributed by atoms with Crippen LogP contribution in [-0.2, 0) is 13.5 Å². The molecule has 2 aromatic rings. The molecule has 0 aliphatic rings. The summed E-state index contributed by atoms with van der Waals surface area (Å²) in [5.74, 6) is 6.16. The van der Waals surface area contributed by atoms with Gasteiger partial charge in [0.2, 0.25) is 0 Å². The average Bonchev–Trinajstić information content (AvgIpc) is 2.73. The summed E-state index contributed by atoms with van der Waals surface area (Å²) in [4.78, 5) is 1.41. The molecule has 7 heteroatoms. The fraction of sp³-hybridized carbons (Fsp3) is 0.300. The quantitative estimate of drug-likeness (QED) is 0.374. The highest BCUT2D eigenvalue weighted by Crippen LogP contribution is 2.21. The second kappa shape index (κ2) is 4.89. The number of nitrogens with zero attached hydrogens (tertiary/aromatic N) is 4. The van der Waals surface area contributed by atoms with Crippen molar-refractivity contribution in [2.45, 2.75) is 12.5 Å². The Bertz CT molecular complexity index is 493. The van der Waals surface area contributed by atoms with Gasteiger partial charge in [0.05, 0.1) is 13.1 Å². The minimum absolute atomic E-state index is 0.125. The molecule has 0 radical (unpaired) electrons. The van der Waals surface area contributed by atoms with E-state index in [1.807, 2.05) is 24.3 Å². The van der Waals surface area contributed by atoms with E-state index in [-0.39, 0.29) is 6.04 Å². The number of benzene rings is 1. The standard InChI is InChI=1S/C10H15N7/c1-17-15-10(14-16-17)6-9(13-12)7-4-2-3-5-8(7)11/h2-5,9,13H,6,11-12H2,1H3. The Labute approximate surface area is 98.8 Å². The van der Waals surface area contributed by atoms with E-state index >= 15 is 0 Å². The molecule has 1 aromatic carbocycles. The maximum atomic E-state index is 5.90. The molecule has 1 atom stereocenters. The van der Waals surface area contributed by atoms with Gasteiger partial charge < -0.3 is 5.73 Å². The van der Waals surface area contributed by atoms with Crippen LogP contribution in [0.4, 0.5) is 5.69 Å². The first-order valence-electron chi connectivity index (χ1n) is 5.24. The summed E-state index contributed by atoms with van der Waals surface area (Å²) >= 11 is 0. The van der Waals surface area contributed by atoms with Crippen molar-refractivity contribution in [2.24, 2.45) is 12.9 Å². The lowest BCUT2D eigenvalue weighted by atomic mass is 10.0. The second-order valence-corrected chi connectivity index (χ2v) is 3.75. The van der Waals surface area contributed by atoms with E-state index in [0.29, 0.717) is 17.9 Å². The summed E-state index contributed by atoms with van der Waals surface area (Å²) < 4.78 is 0. The Hall–Kier alpha value is -1.99. The summed E-state index contributed by atoms with van der Waals surface area (Å²) in [5.41, 5.74) is 10.2. The average molecular weight is 233 g/mol. The summed E-state index contributed by atoms with van der Waals surface area (Å²) in [6.07, 6.45) is 0.540. The lowest BCUT2D eigenvalue weighted by molar-refractivity contribution is 0.537. The van der Waals surface area contributed by atoms with Gasteiger partial charge in [-0.05, 0) is 16.8 Å². The summed E-state index contributed by atoms with van der Waals surface area (Å²) in [6.45, 7) is 0. The lowest BCUT2D eigenvalue weighted by Crippen LogP contribution is -2.30. The predicted octanol–water partition coefficient (Wildman–Crippen LogP) is -0.461. The molecule has 0 fully saturated rings. The maximum Gasteiger partial charge on any atom is 0.176 e. The van der Waals surface area contributed by atoms with Crippen molar-refractivity contribution >= 4 is 5.69 Å². The van der Waals surface area contributed by atoms with Gasteiger partial charge in [-0.15, -0.1) is 10.2 Å². The fourth-order valence-electron chi connectivity index (χ4n) is 1.67. The highest BCUT2D eigenvalue weighted by atomic mass is 15.6. The van der Waals surface area contributed by atoms with Crippen molar-refractivity contribution in [1.82, 2.24) is 25.6 Å². The van der Waals surface area contributed by atoms with Gasteiger partial charge in [0.1, 0.15) is 0 Å². The van der Waals surface area contributed by atoms with Gasteiger partial charge in [0.25, 0.3) is 0 Å². The van der Waals surface area contributed by atoms with Gasteiger partial charge in [0.15, 0.2) is 5.82 Å². The number of nitrogens with one attached hydrogen (secondary N) is 1. The number of hydrogen-bond donors (Lipinski definition) is 3. The molecule has 0 spiro atoms. The molecule has 0 saturated carbocycles. The Morgan fingerprint density at radius 3 is 2.76 bits per heavy atom. The molecule has 0 aliphatic heterocycles. The van der Waals surface area contributed by atoms with Gasteiger partial charge in [0, 0.05) is 12.1 Å². The minimum atomic E-state index is -0.125. The molecule has 7 nitrogen and oxygen atoms in total. The Kier molecular flexibility index (Phi) is 3.31. The van der Waals surface area contributed by atoms with Crippen molar-refractivity contribution in [3.63, 3.8) is 0 Å². The smallest absolute Gasteiger partial charge is 0.176 e. The summed E-state index contributed by atoms with van der Waals surface area (Å²) in [6, 6.07) is 7.44. The van der Waals surface area contributed by atoms with Crippen molar-refractivity contribution in [3.05, 3.63) is 35.7 Å². The van der Waals surface area contributed by atoms with E-state index in [2.05, 4.69) is 20.8 Å². The third-order valence-corrected chi connectivity index (χ3v) is 2.51. The lowest BCUT2D eigenvalue weighted by Gasteiger charge is -2.16. The number of para-hydroxylation sites is 1. The number of aryl methyl sites for hydroxylation is 1. The minimum Gasteiger partial charge on any atom is -0.398 e. The number of aromatic nitrogens is 4.